The van der Waals surface area contributed by atoms with E-state index in [4.69, 9.17) is 4.74 Å². The Kier molecular flexibility index (Phi) is 5.21. The molecule has 3 atom stereocenters. The highest BCUT2D eigenvalue weighted by molar-refractivity contribution is 7.92. The Morgan fingerprint density at radius 3 is 2.62 bits per heavy atom. The molecule has 96 valence electrons. The van der Waals surface area contributed by atoms with E-state index < -0.39 is 9.84 Å². The molecule has 0 bridgehead atoms. The molecule has 0 aromatic rings. The number of hydrogen-bond acceptors (Lipinski definition) is 4. The highest BCUT2D eigenvalue weighted by atomic mass is 32.2. The summed E-state index contributed by atoms with van der Waals surface area (Å²) in [6, 6.07) is 0.231. The largest absolute Gasteiger partial charge is 0.377 e. The molecule has 1 heterocycles. The van der Waals surface area contributed by atoms with Crippen molar-refractivity contribution in [2.75, 3.05) is 19.4 Å². The molecule has 4 nitrogen and oxygen atoms in total. The Labute approximate surface area is 98.7 Å². The molecule has 5 heteroatoms. The Bertz CT molecular complexity index is 296. The van der Waals surface area contributed by atoms with E-state index in [9.17, 15) is 8.42 Å². The van der Waals surface area contributed by atoms with Crippen molar-refractivity contribution in [2.45, 2.75) is 50.5 Å². The molecule has 3 unspecified atom stereocenters. The van der Waals surface area contributed by atoms with Gasteiger partial charge in [-0.2, -0.15) is 0 Å². The zero-order valence-electron chi connectivity index (χ0n) is 10.4. The van der Waals surface area contributed by atoms with Crippen LogP contribution < -0.4 is 5.32 Å². The van der Waals surface area contributed by atoms with Gasteiger partial charge in [0.25, 0.3) is 0 Å². The second-order valence-corrected chi connectivity index (χ2v) is 7.16. The Morgan fingerprint density at radius 2 is 2.12 bits per heavy atom. The molecule has 0 saturated carbocycles. The lowest BCUT2D eigenvalue weighted by molar-refractivity contribution is 0.127. The molecule has 0 aromatic heterocycles. The van der Waals surface area contributed by atoms with E-state index in [0.29, 0.717) is 13.0 Å². The highest BCUT2D eigenvalue weighted by Crippen LogP contribution is 2.18. The van der Waals surface area contributed by atoms with Crippen molar-refractivity contribution in [2.24, 2.45) is 0 Å². The molecule has 1 fully saturated rings. The molecule has 1 aliphatic heterocycles. The topological polar surface area (TPSA) is 55.4 Å². The van der Waals surface area contributed by atoms with Gasteiger partial charge in [0.1, 0.15) is 0 Å². The lowest BCUT2D eigenvalue weighted by Gasteiger charge is -2.19. The lowest BCUT2D eigenvalue weighted by Crippen LogP contribution is -2.33. The second kappa shape index (κ2) is 5.98. The fourth-order valence-electron chi connectivity index (χ4n) is 1.96. The summed E-state index contributed by atoms with van der Waals surface area (Å²) in [4.78, 5) is 0. The number of rotatable bonds is 6. The standard InChI is InChI=1S/C11H23NO3S/c1-9(12-3)7-10(2)16(13,14)8-11-5-4-6-15-11/h9-12H,4-8H2,1-3H3. The van der Waals surface area contributed by atoms with Crippen LogP contribution in [0.3, 0.4) is 0 Å². The Hall–Kier alpha value is -0.130. The summed E-state index contributed by atoms with van der Waals surface area (Å²) in [5.74, 6) is 0.185. The first-order valence-electron chi connectivity index (χ1n) is 5.96. The summed E-state index contributed by atoms with van der Waals surface area (Å²) in [6.45, 7) is 4.50. The van der Waals surface area contributed by atoms with Crippen LogP contribution in [-0.4, -0.2) is 45.2 Å². The molecular formula is C11H23NO3S. The van der Waals surface area contributed by atoms with E-state index in [1.165, 1.54) is 0 Å². The monoisotopic (exact) mass is 249 g/mol. The predicted molar refractivity (Wildman–Crippen MR) is 65.4 cm³/mol. The van der Waals surface area contributed by atoms with Gasteiger partial charge in [-0.15, -0.1) is 0 Å². The van der Waals surface area contributed by atoms with E-state index in [0.717, 1.165) is 12.8 Å². The quantitative estimate of drug-likeness (QED) is 0.762. The minimum Gasteiger partial charge on any atom is -0.377 e. The van der Waals surface area contributed by atoms with Gasteiger partial charge in [0.05, 0.1) is 17.1 Å². The van der Waals surface area contributed by atoms with Crippen molar-refractivity contribution in [3.05, 3.63) is 0 Å². The fraction of sp³-hybridized carbons (Fsp3) is 1.00. The third-order valence-electron chi connectivity index (χ3n) is 3.23. The minimum atomic E-state index is -3.01. The average molecular weight is 249 g/mol. The maximum atomic E-state index is 12.0. The summed E-state index contributed by atoms with van der Waals surface area (Å²) >= 11 is 0. The van der Waals surface area contributed by atoms with E-state index in [1.54, 1.807) is 6.92 Å². The van der Waals surface area contributed by atoms with E-state index >= 15 is 0 Å². The molecule has 0 amide bonds. The normalized spacial score (nSPS) is 25.6. The van der Waals surface area contributed by atoms with Gasteiger partial charge in [-0.1, -0.05) is 0 Å². The minimum absolute atomic E-state index is 0.0719. The van der Waals surface area contributed by atoms with E-state index in [2.05, 4.69) is 5.32 Å². The molecule has 0 aromatic carbocycles. The Morgan fingerprint density at radius 1 is 1.44 bits per heavy atom. The maximum Gasteiger partial charge on any atom is 0.155 e. The molecule has 1 rings (SSSR count). The molecule has 1 aliphatic rings. The molecule has 0 radical (unpaired) electrons. The summed E-state index contributed by atoms with van der Waals surface area (Å²) < 4.78 is 29.4. The van der Waals surface area contributed by atoms with Crippen LogP contribution in [0.15, 0.2) is 0 Å². The molecular weight excluding hydrogens is 226 g/mol. The maximum absolute atomic E-state index is 12.0. The average Bonchev–Trinajstić information content (AvgIpc) is 2.69. The zero-order valence-corrected chi connectivity index (χ0v) is 11.2. The van der Waals surface area contributed by atoms with E-state index in [-0.39, 0.29) is 23.1 Å². The fourth-order valence-corrected chi connectivity index (χ4v) is 3.65. The van der Waals surface area contributed by atoms with Gasteiger partial charge in [0.2, 0.25) is 0 Å². The summed E-state index contributed by atoms with van der Waals surface area (Å²) in [7, 11) is -1.16. The second-order valence-electron chi connectivity index (χ2n) is 4.70. The Balaban J connectivity index is 2.48. The van der Waals surface area contributed by atoms with Gasteiger partial charge in [-0.05, 0) is 40.2 Å². The van der Waals surface area contributed by atoms with Crippen molar-refractivity contribution in [3.8, 4) is 0 Å². The molecule has 16 heavy (non-hydrogen) atoms. The number of nitrogens with one attached hydrogen (secondary N) is 1. The molecule has 1 saturated heterocycles. The van der Waals surface area contributed by atoms with Gasteiger partial charge in [-0.3, -0.25) is 0 Å². The van der Waals surface area contributed by atoms with Gasteiger partial charge < -0.3 is 10.1 Å². The number of sulfone groups is 1. The van der Waals surface area contributed by atoms with Gasteiger partial charge in [0, 0.05) is 12.6 Å². The van der Waals surface area contributed by atoms with Crippen LogP contribution in [0.2, 0.25) is 0 Å². The smallest absolute Gasteiger partial charge is 0.155 e. The first-order valence-corrected chi connectivity index (χ1v) is 7.67. The van der Waals surface area contributed by atoms with Crippen LogP contribution in [0.4, 0.5) is 0 Å². The first-order chi connectivity index (χ1) is 7.45. The summed E-state index contributed by atoms with van der Waals surface area (Å²) in [6.07, 6.45) is 2.46. The third-order valence-corrected chi connectivity index (χ3v) is 5.49. The lowest BCUT2D eigenvalue weighted by atomic mass is 10.2. The van der Waals surface area contributed by atoms with Gasteiger partial charge in [0.15, 0.2) is 9.84 Å². The van der Waals surface area contributed by atoms with E-state index in [1.807, 2.05) is 14.0 Å². The van der Waals surface area contributed by atoms with Gasteiger partial charge in [-0.25, -0.2) is 8.42 Å². The van der Waals surface area contributed by atoms with Gasteiger partial charge >= 0.3 is 0 Å². The summed E-state index contributed by atoms with van der Waals surface area (Å²) in [5, 5.41) is 2.77. The summed E-state index contributed by atoms with van der Waals surface area (Å²) in [5.41, 5.74) is 0. The molecule has 0 aliphatic carbocycles. The van der Waals surface area contributed by atoms with Crippen LogP contribution in [0.5, 0.6) is 0 Å². The highest BCUT2D eigenvalue weighted by Gasteiger charge is 2.28. The van der Waals surface area contributed by atoms with Crippen LogP contribution in [0, 0.1) is 0 Å². The number of ether oxygens (including phenoxy) is 1. The van der Waals surface area contributed by atoms with Crippen LogP contribution >= 0.6 is 0 Å². The van der Waals surface area contributed by atoms with Crippen LogP contribution in [0.25, 0.3) is 0 Å². The molecule has 0 spiro atoms. The van der Waals surface area contributed by atoms with Crippen molar-refractivity contribution in [3.63, 3.8) is 0 Å². The molecule has 1 N–H and O–H groups in total. The predicted octanol–water partition coefficient (Wildman–Crippen LogP) is 0.967. The first kappa shape index (κ1) is 13.9. The van der Waals surface area contributed by atoms with Crippen LogP contribution in [0.1, 0.15) is 33.1 Å². The van der Waals surface area contributed by atoms with Crippen molar-refractivity contribution in [1.29, 1.82) is 0 Å². The number of hydrogen-bond donors (Lipinski definition) is 1. The van der Waals surface area contributed by atoms with Crippen LogP contribution in [-0.2, 0) is 14.6 Å². The SMILES string of the molecule is CNC(C)CC(C)S(=O)(=O)CC1CCCO1. The van der Waals surface area contributed by atoms with Crippen molar-refractivity contribution < 1.29 is 13.2 Å². The zero-order chi connectivity index (χ0) is 12.2. The van der Waals surface area contributed by atoms with Crippen molar-refractivity contribution in [1.82, 2.24) is 5.32 Å². The third kappa shape index (κ3) is 4.03. The van der Waals surface area contributed by atoms with Crippen molar-refractivity contribution >= 4 is 9.84 Å².